The number of carbonyl (C=O) groups excluding carboxylic acids is 2. The average molecular weight is 1090 g/mol. The van der Waals surface area contributed by atoms with Crippen LogP contribution in [0.4, 0.5) is 0 Å². The lowest BCUT2D eigenvalue weighted by atomic mass is 10.0. The van der Waals surface area contributed by atoms with Gasteiger partial charge in [0.15, 0.2) is 0 Å². The first-order chi connectivity index (χ1) is 38.5. The van der Waals surface area contributed by atoms with Gasteiger partial charge in [-0.15, -0.1) is 0 Å². The van der Waals surface area contributed by atoms with E-state index < -0.39 is 12.1 Å². The molecule has 0 aliphatic heterocycles. The second kappa shape index (κ2) is 67.3. The van der Waals surface area contributed by atoms with E-state index in [1.54, 1.807) is 6.08 Å². The quantitative estimate of drug-likeness (QED) is 0.0320. The molecule has 2 unspecified atom stereocenters. The lowest BCUT2D eigenvalue weighted by molar-refractivity contribution is -0.143. The summed E-state index contributed by atoms with van der Waals surface area (Å²) in [6.07, 6.45) is 87.5. The van der Waals surface area contributed by atoms with Crippen LogP contribution in [0.2, 0.25) is 0 Å². The minimum Gasteiger partial charge on any atom is -0.466 e. The molecule has 78 heavy (non-hydrogen) atoms. The van der Waals surface area contributed by atoms with E-state index in [1.807, 2.05) is 6.08 Å². The largest absolute Gasteiger partial charge is 0.466 e. The molecule has 6 heteroatoms. The summed E-state index contributed by atoms with van der Waals surface area (Å²) in [5.74, 6) is -0.0611. The Kier molecular flexibility index (Phi) is 65.4. The summed E-state index contributed by atoms with van der Waals surface area (Å²) in [5, 5.41) is 23.2. The predicted molar refractivity (Wildman–Crippen MR) is 342 cm³/mol. The Balaban J connectivity index is 3.41. The number of unbranched alkanes of at least 4 members (excludes halogenated alkanes) is 48. The van der Waals surface area contributed by atoms with Crippen molar-refractivity contribution in [1.29, 1.82) is 0 Å². The Morgan fingerprint density at radius 1 is 0.359 bits per heavy atom. The van der Waals surface area contributed by atoms with Crippen molar-refractivity contribution in [3.63, 3.8) is 0 Å². The van der Waals surface area contributed by atoms with E-state index in [2.05, 4.69) is 55.6 Å². The van der Waals surface area contributed by atoms with Crippen molar-refractivity contribution in [3.8, 4) is 0 Å². The molecule has 3 N–H and O–H groups in total. The van der Waals surface area contributed by atoms with Gasteiger partial charge < -0.3 is 20.3 Å². The maximum absolute atomic E-state index is 12.5. The highest BCUT2D eigenvalue weighted by Crippen LogP contribution is 2.18. The second-order valence-electron chi connectivity index (χ2n) is 23.9. The van der Waals surface area contributed by atoms with Gasteiger partial charge in [-0.3, -0.25) is 9.59 Å². The predicted octanol–water partition coefficient (Wildman–Crippen LogP) is 22.5. The Morgan fingerprint density at radius 3 is 1.00 bits per heavy atom. The van der Waals surface area contributed by atoms with Crippen LogP contribution in [0.1, 0.15) is 373 Å². The van der Waals surface area contributed by atoms with Crippen molar-refractivity contribution in [1.82, 2.24) is 5.32 Å². The highest BCUT2D eigenvalue weighted by molar-refractivity contribution is 5.76. The first-order valence-electron chi connectivity index (χ1n) is 34.9. The fraction of sp³-hybridized carbons (Fsp3) is 0.861. The van der Waals surface area contributed by atoms with E-state index in [1.165, 1.54) is 295 Å². The number of hydrogen-bond donors (Lipinski definition) is 3. The zero-order valence-corrected chi connectivity index (χ0v) is 52.4. The number of amides is 1. The van der Waals surface area contributed by atoms with Crippen molar-refractivity contribution in [2.45, 2.75) is 386 Å². The Hall–Kier alpha value is -2.18. The lowest BCUT2D eigenvalue weighted by Gasteiger charge is -2.20. The molecule has 2 atom stereocenters. The van der Waals surface area contributed by atoms with Crippen LogP contribution in [-0.4, -0.2) is 47.4 Å². The second-order valence-corrected chi connectivity index (χ2v) is 23.9. The van der Waals surface area contributed by atoms with Gasteiger partial charge in [0.1, 0.15) is 0 Å². The number of hydrogen-bond acceptors (Lipinski definition) is 5. The van der Waals surface area contributed by atoms with Crippen LogP contribution in [0.15, 0.2) is 48.6 Å². The van der Waals surface area contributed by atoms with Gasteiger partial charge in [0.05, 0.1) is 25.4 Å². The topological polar surface area (TPSA) is 95.9 Å². The van der Waals surface area contributed by atoms with Crippen LogP contribution in [0.5, 0.6) is 0 Å². The number of aliphatic hydroxyl groups is 2. The zero-order chi connectivity index (χ0) is 56.4. The van der Waals surface area contributed by atoms with Gasteiger partial charge >= 0.3 is 5.97 Å². The Bertz CT molecular complexity index is 1310. The van der Waals surface area contributed by atoms with Gasteiger partial charge in [0.2, 0.25) is 5.91 Å². The standard InChI is InChI=1S/C72H135NO5/c1-3-5-7-9-11-13-15-17-19-21-34-38-42-46-50-54-58-62-66-72(77)78-67-63-59-55-51-47-43-39-35-31-29-27-25-23-22-24-26-28-30-33-37-41-45-49-53-57-61-65-71(76)73-69(68-74)70(75)64-60-56-52-48-44-40-36-32-20-18-16-14-12-10-8-6-4-2/h13,15,19,21-22,24,60,64,69-70,74-75H,3-12,14,16-18,20,23,25-59,61-63,65-68H2,1-2H3,(H,73,76)/b15-13-,21-19-,24-22-,64-60+. The number of rotatable bonds is 65. The molecule has 0 rings (SSSR count). The van der Waals surface area contributed by atoms with Crippen molar-refractivity contribution in [3.05, 3.63) is 48.6 Å². The molecule has 1 amide bonds. The van der Waals surface area contributed by atoms with E-state index in [4.69, 9.17) is 4.74 Å². The minimum atomic E-state index is -0.847. The number of aliphatic hydroxyl groups excluding tert-OH is 2. The van der Waals surface area contributed by atoms with Crippen LogP contribution < -0.4 is 5.32 Å². The van der Waals surface area contributed by atoms with Crippen LogP contribution in [-0.2, 0) is 14.3 Å². The summed E-state index contributed by atoms with van der Waals surface area (Å²) >= 11 is 0. The normalized spacial score (nSPS) is 12.8. The monoisotopic (exact) mass is 1090 g/mol. The van der Waals surface area contributed by atoms with Gasteiger partial charge in [-0.05, 0) is 89.9 Å². The van der Waals surface area contributed by atoms with E-state index in [9.17, 15) is 19.8 Å². The van der Waals surface area contributed by atoms with Crippen LogP contribution in [0.25, 0.3) is 0 Å². The van der Waals surface area contributed by atoms with Gasteiger partial charge in [0.25, 0.3) is 0 Å². The Morgan fingerprint density at radius 2 is 0.641 bits per heavy atom. The molecule has 0 aliphatic carbocycles. The Labute approximate surface area is 486 Å². The van der Waals surface area contributed by atoms with Gasteiger partial charge in [-0.25, -0.2) is 0 Å². The third-order valence-electron chi connectivity index (χ3n) is 16.1. The van der Waals surface area contributed by atoms with E-state index in [-0.39, 0.29) is 18.5 Å². The van der Waals surface area contributed by atoms with Crippen molar-refractivity contribution >= 4 is 11.9 Å². The van der Waals surface area contributed by atoms with Gasteiger partial charge in [0, 0.05) is 12.8 Å². The summed E-state index contributed by atoms with van der Waals surface area (Å²) in [7, 11) is 0. The molecule has 0 saturated heterocycles. The average Bonchev–Trinajstić information content (AvgIpc) is 3.44. The molecule has 0 fully saturated rings. The molecule has 0 radical (unpaired) electrons. The molecule has 0 spiro atoms. The van der Waals surface area contributed by atoms with E-state index in [0.717, 1.165) is 51.4 Å². The van der Waals surface area contributed by atoms with Crippen molar-refractivity contribution < 1.29 is 24.5 Å². The van der Waals surface area contributed by atoms with Crippen molar-refractivity contribution in [2.75, 3.05) is 13.2 Å². The maximum Gasteiger partial charge on any atom is 0.305 e. The summed E-state index contributed by atoms with van der Waals surface area (Å²) in [6, 6.07) is -0.630. The number of nitrogens with one attached hydrogen (secondary N) is 1. The number of carbonyl (C=O) groups is 2. The summed E-state index contributed by atoms with van der Waals surface area (Å²) in [6.45, 7) is 4.91. The molecule has 0 aromatic heterocycles. The summed E-state index contributed by atoms with van der Waals surface area (Å²) in [5.41, 5.74) is 0. The molecule has 6 nitrogen and oxygen atoms in total. The summed E-state index contributed by atoms with van der Waals surface area (Å²) in [4.78, 5) is 24.6. The molecule has 0 aromatic carbocycles. The number of esters is 1. The maximum atomic E-state index is 12.5. The highest BCUT2D eigenvalue weighted by atomic mass is 16.5. The smallest absolute Gasteiger partial charge is 0.305 e. The third kappa shape index (κ3) is 63.0. The molecule has 458 valence electrons. The lowest BCUT2D eigenvalue weighted by Crippen LogP contribution is -2.45. The minimum absolute atomic E-state index is 0.00670. The van der Waals surface area contributed by atoms with Crippen LogP contribution in [0, 0.1) is 0 Å². The first kappa shape index (κ1) is 75.8. The highest BCUT2D eigenvalue weighted by Gasteiger charge is 2.18. The van der Waals surface area contributed by atoms with E-state index >= 15 is 0 Å². The molecular weight excluding hydrogens is 959 g/mol. The van der Waals surface area contributed by atoms with Crippen molar-refractivity contribution in [2.24, 2.45) is 0 Å². The third-order valence-corrected chi connectivity index (χ3v) is 16.1. The van der Waals surface area contributed by atoms with Crippen LogP contribution >= 0.6 is 0 Å². The summed E-state index contributed by atoms with van der Waals surface area (Å²) < 4.78 is 5.50. The van der Waals surface area contributed by atoms with Gasteiger partial charge in [-0.2, -0.15) is 0 Å². The fourth-order valence-electron chi connectivity index (χ4n) is 10.7. The van der Waals surface area contributed by atoms with E-state index in [0.29, 0.717) is 19.4 Å². The number of allylic oxidation sites excluding steroid dienone is 7. The molecule has 0 aliphatic rings. The molecular formula is C72H135NO5. The number of ether oxygens (including phenoxy) is 1. The van der Waals surface area contributed by atoms with Gasteiger partial charge in [-0.1, -0.05) is 319 Å². The zero-order valence-electron chi connectivity index (χ0n) is 52.4. The molecule has 0 saturated carbocycles. The molecule has 0 bridgehead atoms. The fourth-order valence-corrected chi connectivity index (χ4v) is 10.7. The molecule has 0 heterocycles. The first-order valence-corrected chi connectivity index (χ1v) is 34.9. The SMILES string of the molecule is CCCCCC/C=C\C/C=C\CCCCCCCCCC(=O)OCCCCCCCCCCCCCC/C=C\CCCCCCCCCCCCC(=O)NC(CO)C(O)/C=C/CCCCCCCCCCCCCCCCC. The molecule has 0 aromatic rings. The van der Waals surface area contributed by atoms with Crippen LogP contribution in [0.3, 0.4) is 0 Å².